The summed E-state index contributed by atoms with van der Waals surface area (Å²) in [6.07, 6.45) is -0.113. The van der Waals surface area contributed by atoms with E-state index < -0.39 is 79.4 Å². The van der Waals surface area contributed by atoms with Gasteiger partial charge in [-0.1, -0.05) is 0 Å². The molecule has 15 nitrogen and oxygen atoms in total. The third-order valence-electron chi connectivity index (χ3n) is 4.67. The van der Waals surface area contributed by atoms with Gasteiger partial charge in [-0.25, -0.2) is 4.79 Å². The average Bonchev–Trinajstić information content (AvgIpc) is 3.23. The van der Waals surface area contributed by atoms with Crippen LogP contribution in [0, 0.1) is 0 Å². The lowest BCUT2D eigenvalue weighted by molar-refractivity contribution is -0.144. The molecule has 4 atom stereocenters. The summed E-state index contributed by atoms with van der Waals surface area (Å²) in [7, 11) is 0. The summed E-state index contributed by atoms with van der Waals surface area (Å²) in [6, 6.07) is -6.00. The molecule has 1 fully saturated rings. The molecule has 32 heavy (non-hydrogen) atoms. The van der Waals surface area contributed by atoms with Crippen molar-refractivity contribution in [1.82, 2.24) is 20.9 Å². The molecule has 1 heterocycles. The fraction of sp³-hybridized carbons (Fsp3) is 0.647. The van der Waals surface area contributed by atoms with Crippen LogP contribution in [0.1, 0.15) is 19.3 Å². The smallest absolute Gasteiger partial charge is 0.328 e. The number of carboxylic acids is 2. The van der Waals surface area contributed by atoms with E-state index in [0.717, 1.165) is 0 Å². The molecule has 0 saturated carbocycles. The lowest BCUT2D eigenvalue weighted by Gasteiger charge is -2.26. The average molecular weight is 461 g/mol. The Balaban J connectivity index is 2.86. The van der Waals surface area contributed by atoms with E-state index >= 15 is 0 Å². The van der Waals surface area contributed by atoms with Gasteiger partial charge in [-0.05, 0) is 12.8 Å². The first-order valence-electron chi connectivity index (χ1n) is 9.62. The summed E-state index contributed by atoms with van der Waals surface area (Å²) in [6.45, 7) is -1.92. The Hall–Kier alpha value is -3.30. The first-order chi connectivity index (χ1) is 15.0. The zero-order valence-electron chi connectivity index (χ0n) is 17.0. The van der Waals surface area contributed by atoms with Crippen molar-refractivity contribution in [2.75, 3.05) is 26.3 Å². The van der Waals surface area contributed by atoms with Crippen LogP contribution in [0.5, 0.6) is 0 Å². The van der Waals surface area contributed by atoms with Crippen molar-refractivity contribution in [3.8, 4) is 0 Å². The first-order valence-corrected chi connectivity index (χ1v) is 9.62. The number of hydrogen-bond donors (Lipinski definition) is 8. The Morgan fingerprint density at radius 1 is 0.906 bits per heavy atom. The third kappa shape index (κ3) is 7.44. The van der Waals surface area contributed by atoms with E-state index in [-0.39, 0.29) is 6.54 Å². The maximum atomic E-state index is 12.5. The lowest BCUT2D eigenvalue weighted by Crippen LogP contribution is -2.59. The zero-order valence-corrected chi connectivity index (χ0v) is 17.0. The molecule has 0 aliphatic carbocycles. The highest BCUT2D eigenvalue weighted by Crippen LogP contribution is 2.17. The van der Waals surface area contributed by atoms with Gasteiger partial charge in [0.05, 0.1) is 26.2 Å². The minimum Gasteiger partial charge on any atom is -0.481 e. The number of rotatable bonds is 12. The van der Waals surface area contributed by atoms with Crippen LogP contribution in [0.4, 0.5) is 0 Å². The van der Waals surface area contributed by atoms with Gasteiger partial charge < -0.3 is 47.0 Å². The summed E-state index contributed by atoms with van der Waals surface area (Å²) >= 11 is 0. The number of carbonyl (C=O) groups is 6. The SMILES string of the molecule is NCC(=O)N1CCC[C@H]1C(=O)N[C@@H](CO)C(=O)N[C@@H](CC(=O)O)C(=O)N[C@@H](CO)C(=O)O. The number of aliphatic carboxylic acids is 2. The molecule has 0 unspecified atom stereocenters. The Morgan fingerprint density at radius 3 is 1.97 bits per heavy atom. The normalized spacial score (nSPS) is 18.2. The van der Waals surface area contributed by atoms with Gasteiger partial charge in [0, 0.05) is 6.54 Å². The monoisotopic (exact) mass is 461 g/mol. The van der Waals surface area contributed by atoms with Crippen molar-refractivity contribution in [1.29, 1.82) is 0 Å². The fourth-order valence-electron chi connectivity index (χ4n) is 3.03. The molecule has 180 valence electrons. The van der Waals surface area contributed by atoms with Crippen molar-refractivity contribution in [2.24, 2.45) is 5.73 Å². The second-order valence-electron chi connectivity index (χ2n) is 6.93. The number of amides is 4. The van der Waals surface area contributed by atoms with Gasteiger partial charge in [0.25, 0.3) is 0 Å². The van der Waals surface area contributed by atoms with E-state index in [9.17, 15) is 33.9 Å². The second-order valence-corrected chi connectivity index (χ2v) is 6.93. The number of nitrogens with one attached hydrogen (secondary N) is 3. The van der Waals surface area contributed by atoms with Crippen LogP contribution in [0.15, 0.2) is 0 Å². The Bertz CT molecular complexity index is 745. The molecule has 0 aromatic carbocycles. The number of aliphatic hydroxyl groups excluding tert-OH is 2. The first kappa shape index (κ1) is 26.7. The van der Waals surface area contributed by atoms with Crippen molar-refractivity contribution < 1.29 is 49.2 Å². The van der Waals surface area contributed by atoms with Crippen LogP contribution in [-0.2, 0) is 28.8 Å². The van der Waals surface area contributed by atoms with Crippen molar-refractivity contribution in [3.05, 3.63) is 0 Å². The van der Waals surface area contributed by atoms with Crippen molar-refractivity contribution in [3.63, 3.8) is 0 Å². The van der Waals surface area contributed by atoms with Crippen LogP contribution < -0.4 is 21.7 Å². The minimum absolute atomic E-state index is 0.292. The summed E-state index contributed by atoms with van der Waals surface area (Å²) in [5.74, 6) is -6.64. The van der Waals surface area contributed by atoms with Crippen LogP contribution in [0.2, 0.25) is 0 Å². The molecule has 0 radical (unpaired) electrons. The van der Waals surface area contributed by atoms with Crippen LogP contribution in [0.25, 0.3) is 0 Å². The fourth-order valence-corrected chi connectivity index (χ4v) is 3.03. The molecule has 0 bridgehead atoms. The Morgan fingerprint density at radius 2 is 1.47 bits per heavy atom. The van der Waals surface area contributed by atoms with Crippen molar-refractivity contribution in [2.45, 2.75) is 43.4 Å². The van der Waals surface area contributed by atoms with E-state index in [2.05, 4.69) is 5.32 Å². The Kier molecular flexibility index (Phi) is 10.5. The van der Waals surface area contributed by atoms with E-state index in [0.29, 0.717) is 19.4 Å². The number of nitrogens with zero attached hydrogens (tertiary/aromatic N) is 1. The van der Waals surface area contributed by atoms with Crippen molar-refractivity contribution >= 4 is 35.6 Å². The van der Waals surface area contributed by atoms with Gasteiger partial charge in [-0.2, -0.15) is 0 Å². The molecule has 1 aliphatic rings. The number of likely N-dealkylation sites (tertiary alicyclic amines) is 1. The van der Waals surface area contributed by atoms with E-state index in [1.807, 2.05) is 10.6 Å². The van der Waals surface area contributed by atoms with E-state index in [4.69, 9.17) is 21.1 Å². The highest BCUT2D eigenvalue weighted by Gasteiger charge is 2.36. The van der Waals surface area contributed by atoms with Gasteiger partial charge in [0.15, 0.2) is 0 Å². The van der Waals surface area contributed by atoms with Crippen LogP contribution in [-0.4, -0.2) is 111 Å². The lowest BCUT2D eigenvalue weighted by atomic mass is 10.1. The molecule has 1 rings (SSSR count). The number of hydrogen-bond acceptors (Lipinski definition) is 9. The standard InChI is InChI=1S/C17H27N5O10/c18-5-12(25)22-3-1-2-11(22)16(30)20-9(6-23)15(29)19-8(4-13(26)27)14(28)21-10(7-24)17(31)32/h8-11,23-24H,1-7,18H2,(H,19,29)(H,20,30)(H,21,28)(H,26,27)(H,31,32)/t8-,9-,10-,11-/m0/s1. The van der Waals surface area contributed by atoms with Crippen LogP contribution >= 0.6 is 0 Å². The zero-order chi connectivity index (χ0) is 24.4. The van der Waals surface area contributed by atoms with E-state index in [1.54, 1.807) is 0 Å². The highest BCUT2D eigenvalue weighted by atomic mass is 16.4. The van der Waals surface area contributed by atoms with Gasteiger partial charge in [0.2, 0.25) is 23.6 Å². The minimum atomic E-state index is -1.76. The van der Waals surface area contributed by atoms with Gasteiger partial charge in [-0.3, -0.25) is 24.0 Å². The molecule has 0 aromatic heterocycles. The maximum absolute atomic E-state index is 12.5. The maximum Gasteiger partial charge on any atom is 0.328 e. The Labute approximate surface area is 181 Å². The number of nitrogens with two attached hydrogens (primary N) is 1. The predicted molar refractivity (Wildman–Crippen MR) is 104 cm³/mol. The molecule has 9 N–H and O–H groups in total. The number of carboxylic acid groups (broad SMARTS) is 2. The van der Waals surface area contributed by atoms with Gasteiger partial charge in [0.1, 0.15) is 24.2 Å². The van der Waals surface area contributed by atoms with Gasteiger partial charge >= 0.3 is 11.9 Å². The number of aliphatic hydroxyl groups is 2. The third-order valence-corrected chi connectivity index (χ3v) is 4.67. The van der Waals surface area contributed by atoms with Gasteiger partial charge in [-0.15, -0.1) is 0 Å². The summed E-state index contributed by atoms with van der Waals surface area (Å²) < 4.78 is 0. The highest BCUT2D eigenvalue weighted by molar-refractivity contribution is 5.96. The molecule has 1 saturated heterocycles. The molecule has 0 aromatic rings. The number of carbonyl (C=O) groups excluding carboxylic acids is 4. The summed E-state index contributed by atoms with van der Waals surface area (Å²) in [5.41, 5.74) is 5.31. The molecule has 0 spiro atoms. The second kappa shape index (κ2) is 12.5. The quantitative estimate of drug-likeness (QED) is 0.136. The van der Waals surface area contributed by atoms with E-state index in [1.165, 1.54) is 4.90 Å². The molecule has 15 heteroatoms. The topological polar surface area (TPSA) is 249 Å². The molecule has 1 aliphatic heterocycles. The largest absolute Gasteiger partial charge is 0.481 e. The predicted octanol–water partition coefficient (Wildman–Crippen LogP) is -5.07. The molecular formula is C17H27N5O10. The molecular weight excluding hydrogens is 434 g/mol. The summed E-state index contributed by atoms with van der Waals surface area (Å²) in [4.78, 5) is 72.2. The summed E-state index contributed by atoms with van der Waals surface area (Å²) in [5, 5.41) is 42.5. The van der Waals surface area contributed by atoms with Crippen LogP contribution in [0.3, 0.4) is 0 Å². The molecule has 4 amide bonds.